The fraction of sp³-hybridized carbons (Fsp3) is 0. The molecule has 23 heavy (non-hydrogen) atoms. The minimum Gasteiger partial charge on any atom is -0.422 e. The van der Waals surface area contributed by atoms with Crippen LogP contribution in [0.5, 0.6) is 0 Å². The summed E-state index contributed by atoms with van der Waals surface area (Å²) in [7, 11) is 0. The molecule has 0 atom stereocenters. The van der Waals surface area contributed by atoms with Crippen LogP contribution in [-0.4, -0.2) is 14.9 Å². The van der Waals surface area contributed by atoms with E-state index in [1.165, 1.54) is 18.2 Å². The Hall–Kier alpha value is -3.48. The first kappa shape index (κ1) is 13.2. The van der Waals surface area contributed by atoms with E-state index in [4.69, 9.17) is 4.42 Å². The number of nitro groups is 1. The number of nitrogens with one attached hydrogen (secondary N) is 1. The van der Waals surface area contributed by atoms with Gasteiger partial charge in [-0.3, -0.25) is 10.1 Å². The molecule has 2 aromatic heterocycles. The third kappa shape index (κ3) is 2.15. The van der Waals surface area contributed by atoms with Crippen LogP contribution in [-0.2, 0) is 0 Å². The van der Waals surface area contributed by atoms with Gasteiger partial charge in [-0.25, -0.2) is 9.78 Å². The summed E-state index contributed by atoms with van der Waals surface area (Å²) in [4.78, 5) is 29.7. The predicted octanol–water partition coefficient (Wildman–Crippen LogP) is 3.24. The van der Waals surface area contributed by atoms with Gasteiger partial charge >= 0.3 is 5.63 Å². The summed E-state index contributed by atoms with van der Waals surface area (Å²) < 4.78 is 5.28. The van der Waals surface area contributed by atoms with Crippen molar-refractivity contribution in [3.63, 3.8) is 0 Å². The maximum absolute atomic E-state index is 12.2. The highest BCUT2D eigenvalue weighted by Gasteiger charge is 2.14. The largest absolute Gasteiger partial charge is 0.422 e. The van der Waals surface area contributed by atoms with Crippen LogP contribution < -0.4 is 5.63 Å². The Morgan fingerprint density at radius 1 is 1.13 bits per heavy atom. The molecule has 2 heterocycles. The van der Waals surface area contributed by atoms with E-state index in [2.05, 4.69) is 9.97 Å². The second-order valence-corrected chi connectivity index (χ2v) is 5.03. The lowest BCUT2D eigenvalue weighted by molar-refractivity contribution is -0.384. The van der Waals surface area contributed by atoms with Crippen molar-refractivity contribution in [2.75, 3.05) is 0 Å². The zero-order chi connectivity index (χ0) is 16.0. The SMILES string of the molecule is O=c1oc2ccccc2cc1-c1nc2ccc([N+](=O)[O-])cc2[nH]1. The highest BCUT2D eigenvalue weighted by atomic mass is 16.6. The number of nitro benzene ring substituents is 1. The van der Waals surface area contributed by atoms with Crippen molar-refractivity contribution in [3.05, 3.63) is 69.1 Å². The normalized spacial score (nSPS) is 11.1. The Kier molecular flexibility index (Phi) is 2.74. The molecule has 0 aliphatic heterocycles. The number of aromatic amines is 1. The second-order valence-electron chi connectivity index (χ2n) is 5.03. The second kappa shape index (κ2) is 4.77. The summed E-state index contributed by atoms with van der Waals surface area (Å²) in [6.07, 6.45) is 0. The third-order valence-electron chi connectivity index (χ3n) is 3.57. The number of nitrogens with zero attached hydrogens (tertiary/aromatic N) is 2. The van der Waals surface area contributed by atoms with Crippen molar-refractivity contribution in [2.24, 2.45) is 0 Å². The summed E-state index contributed by atoms with van der Waals surface area (Å²) in [5, 5.41) is 11.6. The van der Waals surface area contributed by atoms with Gasteiger partial charge in [0.1, 0.15) is 17.0 Å². The molecule has 0 fully saturated rings. The van der Waals surface area contributed by atoms with Gasteiger partial charge in [-0.1, -0.05) is 18.2 Å². The number of hydrogen-bond acceptors (Lipinski definition) is 5. The quantitative estimate of drug-likeness (QED) is 0.348. The first-order valence-corrected chi connectivity index (χ1v) is 6.79. The monoisotopic (exact) mass is 307 g/mol. The van der Waals surface area contributed by atoms with E-state index in [0.29, 0.717) is 22.4 Å². The predicted molar refractivity (Wildman–Crippen MR) is 84.2 cm³/mol. The molecule has 112 valence electrons. The van der Waals surface area contributed by atoms with Gasteiger partial charge in [0.15, 0.2) is 0 Å². The summed E-state index contributed by atoms with van der Waals surface area (Å²) in [6, 6.07) is 13.1. The van der Waals surface area contributed by atoms with Crippen molar-refractivity contribution in [2.45, 2.75) is 0 Å². The molecule has 0 amide bonds. The molecule has 0 aliphatic carbocycles. The number of H-pyrrole nitrogens is 1. The van der Waals surface area contributed by atoms with Crippen molar-refractivity contribution in [3.8, 4) is 11.4 Å². The molecule has 0 spiro atoms. The van der Waals surface area contributed by atoms with Gasteiger partial charge in [0.2, 0.25) is 0 Å². The number of benzene rings is 2. The molecule has 0 saturated heterocycles. The van der Waals surface area contributed by atoms with Crippen LogP contribution >= 0.6 is 0 Å². The van der Waals surface area contributed by atoms with Gasteiger partial charge in [0, 0.05) is 17.5 Å². The van der Waals surface area contributed by atoms with Gasteiger partial charge in [-0.15, -0.1) is 0 Å². The van der Waals surface area contributed by atoms with Gasteiger partial charge < -0.3 is 9.40 Å². The molecule has 0 aliphatic rings. The number of non-ortho nitro benzene ring substituents is 1. The van der Waals surface area contributed by atoms with Crippen molar-refractivity contribution < 1.29 is 9.34 Å². The highest BCUT2D eigenvalue weighted by molar-refractivity contribution is 5.84. The Morgan fingerprint density at radius 2 is 1.96 bits per heavy atom. The number of imidazole rings is 1. The fourth-order valence-electron chi connectivity index (χ4n) is 2.47. The smallest absolute Gasteiger partial charge is 0.347 e. The zero-order valence-electron chi connectivity index (χ0n) is 11.6. The van der Waals surface area contributed by atoms with E-state index in [0.717, 1.165) is 5.39 Å². The van der Waals surface area contributed by atoms with Gasteiger partial charge in [-0.05, 0) is 18.2 Å². The van der Waals surface area contributed by atoms with Crippen LogP contribution in [0.25, 0.3) is 33.4 Å². The lowest BCUT2D eigenvalue weighted by Crippen LogP contribution is -2.03. The number of rotatable bonds is 2. The maximum Gasteiger partial charge on any atom is 0.347 e. The Bertz CT molecular complexity index is 1130. The Morgan fingerprint density at radius 3 is 2.78 bits per heavy atom. The lowest BCUT2D eigenvalue weighted by atomic mass is 10.2. The molecule has 1 N–H and O–H groups in total. The average Bonchev–Trinajstić information content (AvgIpc) is 2.96. The molecule has 0 radical (unpaired) electrons. The molecule has 0 saturated carbocycles. The van der Waals surface area contributed by atoms with E-state index in [-0.39, 0.29) is 11.3 Å². The Labute approximate surface area is 128 Å². The number of hydrogen-bond donors (Lipinski definition) is 1. The molecular weight excluding hydrogens is 298 g/mol. The minimum absolute atomic E-state index is 0.0433. The van der Waals surface area contributed by atoms with E-state index in [1.807, 2.05) is 12.1 Å². The summed E-state index contributed by atoms with van der Waals surface area (Å²) in [5.41, 5.74) is 1.24. The van der Waals surface area contributed by atoms with Crippen molar-refractivity contribution >= 4 is 27.7 Å². The summed E-state index contributed by atoms with van der Waals surface area (Å²) in [6.45, 7) is 0. The lowest BCUT2D eigenvalue weighted by Gasteiger charge is -1.98. The number of aromatic nitrogens is 2. The molecule has 0 unspecified atom stereocenters. The minimum atomic E-state index is -0.516. The van der Waals surface area contributed by atoms with Crippen LogP contribution in [0.2, 0.25) is 0 Å². The number of fused-ring (bicyclic) bond motifs is 2. The van der Waals surface area contributed by atoms with Crippen LogP contribution in [0.3, 0.4) is 0 Å². The van der Waals surface area contributed by atoms with Crippen LogP contribution in [0.4, 0.5) is 5.69 Å². The first-order valence-electron chi connectivity index (χ1n) is 6.79. The van der Waals surface area contributed by atoms with Gasteiger partial charge in [-0.2, -0.15) is 0 Å². The van der Waals surface area contributed by atoms with E-state index in [9.17, 15) is 14.9 Å². The van der Waals surface area contributed by atoms with Crippen molar-refractivity contribution in [1.29, 1.82) is 0 Å². The summed E-state index contributed by atoms with van der Waals surface area (Å²) >= 11 is 0. The molecule has 2 aromatic carbocycles. The van der Waals surface area contributed by atoms with Crippen LogP contribution in [0, 0.1) is 10.1 Å². The average molecular weight is 307 g/mol. The number of para-hydroxylation sites is 1. The highest BCUT2D eigenvalue weighted by Crippen LogP contribution is 2.24. The van der Waals surface area contributed by atoms with Crippen molar-refractivity contribution in [1.82, 2.24) is 9.97 Å². The van der Waals surface area contributed by atoms with E-state index in [1.54, 1.807) is 18.2 Å². The molecular formula is C16H9N3O4. The molecule has 7 heteroatoms. The van der Waals surface area contributed by atoms with Gasteiger partial charge in [0.25, 0.3) is 5.69 Å². The standard InChI is InChI=1S/C16H9N3O4/c20-16-11(7-9-3-1-2-4-14(9)23-16)15-17-12-6-5-10(19(21)22)8-13(12)18-15/h1-8H,(H,17,18). The zero-order valence-corrected chi connectivity index (χ0v) is 11.6. The van der Waals surface area contributed by atoms with Crippen LogP contribution in [0.15, 0.2) is 57.7 Å². The van der Waals surface area contributed by atoms with E-state index < -0.39 is 10.5 Å². The Balaban J connectivity index is 1.93. The molecule has 7 nitrogen and oxygen atoms in total. The molecule has 4 rings (SSSR count). The molecule has 0 bridgehead atoms. The molecule has 4 aromatic rings. The third-order valence-corrected chi connectivity index (χ3v) is 3.57. The fourth-order valence-corrected chi connectivity index (χ4v) is 2.47. The van der Waals surface area contributed by atoms with Gasteiger partial charge in [0.05, 0.1) is 16.0 Å². The first-order chi connectivity index (χ1) is 11.1. The van der Waals surface area contributed by atoms with Crippen LogP contribution in [0.1, 0.15) is 0 Å². The topological polar surface area (TPSA) is 102 Å². The van der Waals surface area contributed by atoms with E-state index >= 15 is 0 Å². The maximum atomic E-state index is 12.2. The summed E-state index contributed by atoms with van der Waals surface area (Å²) in [5.74, 6) is 0.319.